The molecule has 1 aromatic carbocycles. The van der Waals surface area contributed by atoms with Crippen LogP contribution >= 0.6 is 0 Å². The summed E-state index contributed by atoms with van der Waals surface area (Å²) in [6, 6.07) is 8.39. The fourth-order valence-corrected chi connectivity index (χ4v) is 5.13. The highest BCUT2D eigenvalue weighted by Gasteiger charge is 2.31. The van der Waals surface area contributed by atoms with E-state index in [4.69, 9.17) is 0 Å². The molecule has 0 bridgehead atoms. The summed E-state index contributed by atoms with van der Waals surface area (Å²) in [5, 5.41) is 7.61. The fourth-order valence-electron chi connectivity index (χ4n) is 5.13. The van der Waals surface area contributed by atoms with E-state index >= 15 is 0 Å². The lowest BCUT2D eigenvalue weighted by Gasteiger charge is -2.23. The summed E-state index contributed by atoms with van der Waals surface area (Å²) in [4.78, 5) is 46.0. The lowest BCUT2D eigenvalue weighted by Crippen LogP contribution is -2.40. The molecule has 1 aliphatic rings. The molecule has 3 aromatic heterocycles. The number of H-pyrrole nitrogens is 1. The number of nitrogens with one attached hydrogen (secondary N) is 2. The van der Waals surface area contributed by atoms with E-state index in [0.717, 1.165) is 18.4 Å². The van der Waals surface area contributed by atoms with E-state index in [9.17, 15) is 14.4 Å². The molecule has 2 N–H and O–H groups in total. The first-order valence-corrected chi connectivity index (χ1v) is 13.0. The second kappa shape index (κ2) is 10.2. The predicted molar refractivity (Wildman–Crippen MR) is 141 cm³/mol. The number of hydrogen-bond acceptors (Lipinski definition) is 5. The standard InChI is InChI=1S/C27H33N7O3/c1-4-10-32-25-23(26(36)33(11-5-2)27(32)37)30-24(31-25)20-15-29-34(16-20)21(19-13-22(35)28-14-19)12-18-8-6-17(3)7-9-18/h6-9,15-16,19,21H,4-5,10-14H2,1-3H3,(H,28,35)(H,30,31). The quantitative estimate of drug-likeness (QED) is 0.364. The summed E-state index contributed by atoms with van der Waals surface area (Å²) < 4.78 is 4.76. The Morgan fingerprint density at radius 3 is 2.46 bits per heavy atom. The minimum Gasteiger partial charge on any atom is -0.356 e. The van der Waals surface area contributed by atoms with Crippen molar-refractivity contribution in [1.29, 1.82) is 0 Å². The van der Waals surface area contributed by atoms with Gasteiger partial charge in [0.25, 0.3) is 5.56 Å². The molecule has 1 saturated heterocycles. The number of carbonyl (C=O) groups is 1. The molecule has 0 saturated carbocycles. The maximum absolute atomic E-state index is 13.1. The first-order valence-electron chi connectivity index (χ1n) is 13.0. The zero-order valence-electron chi connectivity index (χ0n) is 21.5. The third kappa shape index (κ3) is 4.75. The third-order valence-corrected chi connectivity index (χ3v) is 7.09. The van der Waals surface area contributed by atoms with Crippen molar-refractivity contribution in [3.63, 3.8) is 0 Å². The lowest BCUT2D eigenvalue weighted by molar-refractivity contribution is -0.119. The van der Waals surface area contributed by atoms with Gasteiger partial charge in [0.2, 0.25) is 5.91 Å². The van der Waals surface area contributed by atoms with Crippen molar-refractivity contribution in [1.82, 2.24) is 34.2 Å². The van der Waals surface area contributed by atoms with Gasteiger partial charge in [-0.3, -0.25) is 23.4 Å². The molecule has 2 atom stereocenters. The Morgan fingerprint density at radius 1 is 1.05 bits per heavy atom. The van der Waals surface area contributed by atoms with Gasteiger partial charge in [0, 0.05) is 38.2 Å². The van der Waals surface area contributed by atoms with Crippen molar-refractivity contribution in [2.75, 3.05) is 6.54 Å². The van der Waals surface area contributed by atoms with E-state index in [1.165, 1.54) is 15.7 Å². The van der Waals surface area contributed by atoms with Crippen LogP contribution in [0, 0.1) is 12.8 Å². The minimum absolute atomic E-state index is 0.0279. The largest absolute Gasteiger partial charge is 0.356 e. The molecule has 10 heteroatoms. The third-order valence-electron chi connectivity index (χ3n) is 7.09. The molecule has 1 aliphatic heterocycles. The second-order valence-corrected chi connectivity index (χ2v) is 9.91. The molecule has 4 heterocycles. The van der Waals surface area contributed by atoms with Crippen LogP contribution in [0.4, 0.5) is 0 Å². The number of carbonyl (C=O) groups excluding carboxylic acids is 1. The number of aromatic amines is 1. The van der Waals surface area contributed by atoms with Gasteiger partial charge in [-0.25, -0.2) is 9.78 Å². The van der Waals surface area contributed by atoms with Crippen molar-refractivity contribution < 1.29 is 4.79 Å². The SMILES string of the molecule is CCCn1c(=O)c2[nH]c(-c3cnn(C(Cc4ccc(C)cc4)C4CNC(=O)C4)c3)nc2n(CCC)c1=O. The summed E-state index contributed by atoms with van der Waals surface area (Å²) in [6.45, 7) is 7.43. The van der Waals surface area contributed by atoms with E-state index in [2.05, 4.69) is 51.6 Å². The minimum atomic E-state index is -0.354. The number of nitrogens with zero attached hydrogens (tertiary/aromatic N) is 5. The maximum Gasteiger partial charge on any atom is 0.332 e. The van der Waals surface area contributed by atoms with Gasteiger partial charge in [0.15, 0.2) is 5.65 Å². The van der Waals surface area contributed by atoms with Crippen LogP contribution in [-0.4, -0.2) is 41.3 Å². The van der Waals surface area contributed by atoms with Crippen LogP contribution in [0.2, 0.25) is 0 Å². The first kappa shape index (κ1) is 24.7. The Kier molecular flexibility index (Phi) is 6.82. The average Bonchev–Trinajstić information content (AvgIpc) is 3.64. The summed E-state index contributed by atoms with van der Waals surface area (Å²) in [6.07, 6.45) is 6.24. The van der Waals surface area contributed by atoms with Gasteiger partial charge in [-0.2, -0.15) is 5.10 Å². The Morgan fingerprint density at radius 2 is 1.78 bits per heavy atom. The van der Waals surface area contributed by atoms with E-state index in [1.54, 1.807) is 10.8 Å². The molecular weight excluding hydrogens is 470 g/mol. The number of aryl methyl sites for hydroxylation is 2. The van der Waals surface area contributed by atoms with Crippen molar-refractivity contribution in [2.45, 2.75) is 65.6 Å². The van der Waals surface area contributed by atoms with Crippen molar-refractivity contribution in [2.24, 2.45) is 5.92 Å². The van der Waals surface area contributed by atoms with Gasteiger partial charge in [0.1, 0.15) is 11.3 Å². The second-order valence-electron chi connectivity index (χ2n) is 9.91. The van der Waals surface area contributed by atoms with Crippen LogP contribution in [0.15, 0.2) is 46.2 Å². The Labute approximate surface area is 214 Å². The molecule has 37 heavy (non-hydrogen) atoms. The zero-order chi connectivity index (χ0) is 26.1. The van der Waals surface area contributed by atoms with Crippen LogP contribution in [0.5, 0.6) is 0 Å². The topological polar surface area (TPSA) is 120 Å². The summed E-state index contributed by atoms with van der Waals surface area (Å²) >= 11 is 0. The van der Waals surface area contributed by atoms with Crippen LogP contribution in [0.25, 0.3) is 22.6 Å². The first-order chi connectivity index (χ1) is 17.9. The molecule has 1 fully saturated rings. The van der Waals surface area contributed by atoms with Crippen LogP contribution in [0.1, 0.15) is 50.3 Å². The van der Waals surface area contributed by atoms with Gasteiger partial charge in [-0.05, 0) is 31.7 Å². The number of benzene rings is 1. The van der Waals surface area contributed by atoms with Gasteiger partial charge >= 0.3 is 5.69 Å². The van der Waals surface area contributed by atoms with Gasteiger partial charge in [-0.15, -0.1) is 0 Å². The number of hydrogen-bond donors (Lipinski definition) is 2. The Balaban J connectivity index is 1.54. The van der Waals surface area contributed by atoms with E-state index in [1.807, 2.05) is 24.7 Å². The van der Waals surface area contributed by atoms with Crippen molar-refractivity contribution in [3.05, 3.63) is 68.6 Å². The highest BCUT2D eigenvalue weighted by Crippen LogP contribution is 2.30. The smallest absolute Gasteiger partial charge is 0.332 e. The molecular formula is C27H33N7O3. The Hall–Kier alpha value is -3.95. The Bertz CT molecular complexity index is 1540. The predicted octanol–water partition coefficient (Wildman–Crippen LogP) is 2.80. The molecule has 1 amide bonds. The molecule has 194 valence electrons. The fraction of sp³-hybridized carbons (Fsp3) is 0.444. The van der Waals surface area contributed by atoms with Crippen LogP contribution in [0.3, 0.4) is 0 Å². The average molecular weight is 504 g/mol. The van der Waals surface area contributed by atoms with Gasteiger partial charge in [0.05, 0.1) is 17.8 Å². The maximum atomic E-state index is 13.1. The lowest BCUT2D eigenvalue weighted by atomic mass is 9.92. The molecule has 2 unspecified atom stereocenters. The summed E-state index contributed by atoms with van der Waals surface area (Å²) in [7, 11) is 0. The molecule has 0 aliphatic carbocycles. The molecule has 0 spiro atoms. The summed E-state index contributed by atoms with van der Waals surface area (Å²) in [5.74, 6) is 0.653. The monoisotopic (exact) mass is 503 g/mol. The number of aromatic nitrogens is 6. The number of imidazole rings is 1. The number of rotatable bonds is 9. The van der Waals surface area contributed by atoms with E-state index in [-0.39, 0.29) is 29.1 Å². The van der Waals surface area contributed by atoms with Gasteiger partial charge in [-0.1, -0.05) is 43.7 Å². The molecule has 5 rings (SSSR count). The van der Waals surface area contributed by atoms with Crippen molar-refractivity contribution in [3.8, 4) is 11.4 Å². The van der Waals surface area contributed by atoms with Crippen LogP contribution in [-0.2, 0) is 24.3 Å². The normalized spacial score (nSPS) is 16.4. The highest BCUT2D eigenvalue weighted by atomic mass is 16.2. The van der Waals surface area contributed by atoms with Crippen LogP contribution < -0.4 is 16.6 Å². The van der Waals surface area contributed by atoms with Crippen molar-refractivity contribution >= 4 is 17.1 Å². The molecule has 10 nitrogen and oxygen atoms in total. The molecule has 4 aromatic rings. The number of amides is 1. The number of fused-ring (bicyclic) bond motifs is 1. The molecule has 0 radical (unpaired) electrons. The van der Waals surface area contributed by atoms with E-state index in [0.29, 0.717) is 49.5 Å². The van der Waals surface area contributed by atoms with E-state index < -0.39 is 0 Å². The zero-order valence-corrected chi connectivity index (χ0v) is 21.5. The summed E-state index contributed by atoms with van der Waals surface area (Å²) in [5.41, 5.74) is 3.11. The highest BCUT2D eigenvalue weighted by molar-refractivity contribution is 5.78. The van der Waals surface area contributed by atoms with Gasteiger partial charge < -0.3 is 10.3 Å².